The summed E-state index contributed by atoms with van der Waals surface area (Å²) < 4.78 is 6.92. The minimum Gasteiger partial charge on any atom is -0.491 e. The number of carbonyl (C=O) groups is 1. The first-order valence-corrected chi connectivity index (χ1v) is 8.46. The third kappa shape index (κ3) is 4.01. The predicted octanol–water partition coefficient (Wildman–Crippen LogP) is 4.25. The maximum absolute atomic E-state index is 12.0. The quantitative estimate of drug-likeness (QED) is 0.498. The summed E-state index contributed by atoms with van der Waals surface area (Å²) in [5.41, 5.74) is 0.663. The molecule has 0 aromatic heterocycles. The minimum absolute atomic E-state index is 0.0806. The molecule has 0 saturated carbocycles. The fourth-order valence-electron chi connectivity index (χ4n) is 2.35. The number of rotatable bonds is 5. The van der Waals surface area contributed by atoms with E-state index in [1.165, 1.54) is 0 Å². The Bertz CT molecular complexity index is 810. The first-order valence-electron chi connectivity index (χ1n) is 7.38. The second-order valence-corrected chi connectivity index (χ2v) is 6.33. The standard InChI is InChI=1S/C19H16INO2/c20-16-10-8-15(9-11-16)19(22)21-12-13-23-18-7-3-5-14-4-1-2-6-17(14)18/h1-11H,12-13H2,(H,21,22). The van der Waals surface area contributed by atoms with Gasteiger partial charge in [0, 0.05) is 14.5 Å². The number of benzene rings is 3. The van der Waals surface area contributed by atoms with Crippen molar-refractivity contribution in [1.82, 2.24) is 5.32 Å². The van der Waals surface area contributed by atoms with Crippen LogP contribution in [0.3, 0.4) is 0 Å². The second-order valence-electron chi connectivity index (χ2n) is 5.09. The lowest BCUT2D eigenvalue weighted by Gasteiger charge is -2.10. The van der Waals surface area contributed by atoms with Gasteiger partial charge >= 0.3 is 0 Å². The van der Waals surface area contributed by atoms with Crippen molar-refractivity contribution in [2.45, 2.75) is 0 Å². The Morgan fingerprint density at radius 3 is 2.52 bits per heavy atom. The van der Waals surface area contributed by atoms with Crippen molar-refractivity contribution in [1.29, 1.82) is 0 Å². The fourth-order valence-corrected chi connectivity index (χ4v) is 2.71. The van der Waals surface area contributed by atoms with Crippen molar-refractivity contribution in [3.63, 3.8) is 0 Å². The molecule has 0 heterocycles. The molecule has 0 aliphatic rings. The van der Waals surface area contributed by atoms with Crippen LogP contribution >= 0.6 is 22.6 Å². The number of hydrogen-bond donors (Lipinski definition) is 1. The molecular formula is C19H16INO2. The van der Waals surface area contributed by atoms with Crippen molar-refractivity contribution in [3.8, 4) is 5.75 Å². The molecule has 23 heavy (non-hydrogen) atoms. The van der Waals surface area contributed by atoms with Gasteiger partial charge in [0.25, 0.3) is 5.91 Å². The van der Waals surface area contributed by atoms with Gasteiger partial charge in [-0.15, -0.1) is 0 Å². The zero-order chi connectivity index (χ0) is 16.1. The SMILES string of the molecule is O=C(NCCOc1cccc2ccccc12)c1ccc(I)cc1. The number of ether oxygens (including phenoxy) is 1. The van der Waals surface area contributed by atoms with E-state index in [-0.39, 0.29) is 5.91 Å². The molecule has 0 aliphatic heterocycles. The van der Waals surface area contributed by atoms with Gasteiger partial charge in [0.1, 0.15) is 12.4 Å². The highest BCUT2D eigenvalue weighted by Gasteiger charge is 2.05. The molecule has 3 rings (SSSR count). The first kappa shape index (κ1) is 15.8. The summed E-state index contributed by atoms with van der Waals surface area (Å²) in [5, 5.41) is 5.10. The molecule has 1 amide bonds. The normalized spacial score (nSPS) is 10.5. The third-order valence-electron chi connectivity index (χ3n) is 3.50. The molecule has 0 fully saturated rings. The maximum atomic E-state index is 12.0. The Morgan fingerprint density at radius 2 is 1.70 bits per heavy atom. The summed E-state index contributed by atoms with van der Waals surface area (Å²) in [4.78, 5) is 12.0. The molecule has 4 heteroatoms. The van der Waals surface area contributed by atoms with Crippen LogP contribution in [0, 0.1) is 3.57 Å². The van der Waals surface area contributed by atoms with E-state index >= 15 is 0 Å². The Hall–Kier alpha value is -2.08. The average Bonchev–Trinajstić information content (AvgIpc) is 2.59. The van der Waals surface area contributed by atoms with Crippen molar-refractivity contribution >= 4 is 39.3 Å². The maximum Gasteiger partial charge on any atom is 0.251 e. The molecule has 0 aliphatic carbocycles. The molecule has 1 N–H and O–H groups in total. The third-order valence-corrected chi connectivity index (χ3v) is 4.22. The first-order chi connectivity index (χ1) is 11.2. The Kier molecular flexibility index (Phi) is 5.12. The largest absolute Gasteiger partial charge is 0.491 e. The van der Waals surface area contributed by atoms with E-state index in [9.17, 15) is 4.79 Å². The molecular weight excluding hydrogens is 401 g/mol. The van der Waals surface area contributed by atoms with Crippen LogP contribution in [0.5, 0.6) is 5.75 Å². The lowest BCUT2D eigenvalue weighted by atomic mass is 10.1. The average molecular weight is 417 g/mol. The Morgan fingerprint density at radius 1 is 0.957 bits per heavy atom. The lowest BCUT2D eigenvalue weighted by molar-refractivity contribution is 0.0947. The molecule has 0 saturated heterocycles. The Labute approximate surface area is 148 Å². The van der Waals surface area contributed by atoms with Crippen molar-refractivity contribution in [2.24, 2.45) is 0 Å². The van der Waals surface area contributed by atoms with Gasteiger partial charge < -0.3 is 10.1 Å². The molecule has 3 aromatic carbocycles. The van der Waals surface area contributed by atoms with Crippen LogP contribution < -0.4 is 10.1 Å². The summed E-state index contributed by atoms with van der Waals surface area (Å²) in [6, 6.07) is 21.6. The van der Waals surface area contributed by atoms with E-state index in [2.05, 4.69) is 40.0 Å². The number of fused-ring (bicyclic) bond motifs is 1. The van der Waals surface area contributed by atoms with Crippen LogP contribution in [0.4, 0.5) is 0 Å². The van der Waals surface area contributed by atoms with E-state index in [1.54, 1.807) is 0 Å². The van der Waals surface area contributed by atoms with Crippen LogP contribution in [-0.4, -0.2) is 19.1 Å². The van der Waals surface area contributed by atoms with Crippen LogP contribution in [-0.2, 0) is 0 Å². The minimum atomic E-state index is -0.0806. The Balaban J connectivity index is 1.55. The summed E-state index contributed by atoms with van der Waals surface area (Å²) in [7, 11) is 0. The highest BCUT2D eigenvalue weighted by Crippen LogP contribution is 2.24. The molecule has 116 valence electrons. The molecule has 0 radical (unpaired) electrons. The predicted molar refractivity (Wildman–Crippen MR) is 101 cm³/mol. The molecule has 0 atom stereocenters. The van der Waals surface area contributed by atoms with E-state index < -0.39 is 0 Å². The number of hydrogen-bond acceptors (Lipinski definition) is 2. The molecule has 3 nitrogen and oxygen atoms in total. The number of nitrogens with one attached hydrogen (secondary N) is 1. The lowest BCUT2D eigenvalue weighted by Crippen LogP contribution is -2.28. The molecule has 0 spiro atoms. The van der Waals surface area contributed by atoms with Crippen LogP contribution in [0.25, 0.3) is 10.8 Å². The summed E-state index contributed by atoms with van der Waals surface area (Å²) in [6.45, 7) is 0.901. The van der Waals surface area contributed by atoms with Gasteiger partial charge in [-0.25, -0.2) is 0 Å². The van der Waals surface area contributed by atoms with Crippen LogP contribution in [0.15, 0.2) is 66.7 Å². The van der Waals surface area contributed by atoms with E-state index in [1.807, 2.05) is 54.6 Å². The summed E-state index contributed by atoms with van der Waals surface area (Å²) >= 11 is 2.22. The molecule has 0 unspecified atom stereocenters. The smallest absolute Gasteiger partial charge is 0.251 e. The van der Waals surface area contributed by atoms with Gasteiger partial charge in [0.05, 0.1) is 6.54 Å². The van der Waals surface area contributed by atoms with Crippen molar-refractivity contribution < 1.29 is 9.53 Å². The number of halogens is 1. The van der Waals surface area contributed by atoms with Gasteiger partial charge in [-0.2, -0.15) is 0 Å². The monoisotopic (exact) mass is 417 g/mol. The van der Waals surface area contributed by atoms with E-state index in [0.29, 0.717) is 18.7 Å². The summed E-state index contributed by atoms with van der Waals surface area (Å²) in [6.07, 6.45) is 0. The van der Waals surface area contributed by atoms with Gasteiger partial charge in [0.2, 0.25) is 0 Å². The fraction of sp³-hybridized carbons (Fsp3) is 0.105. The highest BCUT2D eigenvalue weighted by molar-refractivity contribution is 14.1. The molecule has 0 bridgehead atoms. The van der Waals surface area contributed by atoms with Crippen LogP contribution in [0.1, 0.15) is 10.4 Å². The van der Waals surface area contributed by atoms with Gasteiger partial charge in [0.15, 0.2) is 0 Å². The van der Waals surface area contributed by atoms with Crippen LogP contribution in [0.2, 0.25) is 0 Å². The van der Waals surface area contributed by atoms with Crippen molar-refractivity contribution in [3.05, 3.63) is 75.9 Å². The highest BCUT2D eigenvalue weighted by atomic mass is 127. The zero-order valence-electron chi connectivity index (χ0n) is 12.5. The van der Waals surface area contributed by atoms with E-state index in [4.69, 9.17) is 4.74 Å². The second kappa shape index (κ2) is 7.46. The molecule has 3 aromatic rings. The van der Waals surface area contributed by atoms with E-state index in [0.717, 1.165) is 20.1 Å². The van der Waals surface area contributed by atoms with Gasteiger partial charge in [-0.05, 0) is 58.3 Å². The topological polar surface area (TPSA) is 38.3 Å². The number of carbonyl (C=O) groups excluding carboxylic acids is 1. The zero-order valence-corrected chi connectivity index (χ0v) is 14.6. The summed E-state index contributed by atoms with van der Waals surface area (Å²) in [5.74, 6) is 0.759. The van der Waals surface area contributed by atoms with Crippen molar-refractivity contribution in [2.75, 3.05) is 13.2 Å². The van der Waals surface area contributed by atoms with Gasteiger partial charge in [-0.1, -0.05) is 36.4 Å². The number of amides is 1. The van der Waals surface area contributed by atoms with Gasteiger partial charge in [-0.3, -0.25) is 4.79 Å².